The minimum absolute atomic E-state index is 0.000811. The van der Waals surface area contributed by atoms with Crippen LogP contribution in [0.1, 0.15) is 47.9 Å². The predicted molar refractivity (Wildman–Crippen MR) is 96.6 cm³/mol. The number of aromatic nitrogens is 1. The molecule has 1 amide bonds. The average Bonchev–Trinajstić information content (AvgIpc) is 2.55. The first-order valence-corrected chi connectivity index (χ1v) is 8.08. The van der Waals surface area contributed by atoms with Crippen LogP contribution >= 0.6 is 0 Å². The average molecular weight is 325 g/mol. The summed E-state index contributed by atoms with van der Waals surface area (Å²) in [4.78, 5) is 27.8. The number of hydrogen-bond acceptors (Lipinski definition) is 4. The Hall–Kier alpha value is -2.69. The number of nitrogens with one attached hydrogen (secondary N) is 2. The molecule has 5 nitrogen and oxygen atoms in total. The van der Waals surface area contributed by atoms with Gasteiger partial charge in [-0.15, -0.1) is 0 Å². The van der Waals surface area contributed by atoms with Crippen molar-refractivity contribution in [2.24, 2.45) is 5.92 Å². The quantitative estimate of drug-likeness (QED) is 0.755. The number of pyridine rings is 1. The van der Waals surface area contributed by atoms with Crippen LogP contribution in [0.4, 0.5) is 11.5 Å². The van der Waals surface area contributed by atoms with Crippen molar-refractivity contribution in [3.63, 3.8) is 0 Å². The zero-order chi connectivity index (χ0) is 17.5. The van der Waals surface area contributed by atoms with Crippen LogP contribution in [0.15, 0.2) is 42.6 Å². The van der Waals surface area contributed by atoms with E-state index >= 15 is 0 Å². The van der Waals surface area contributed by atoms with Crippen LogP contribution in [0.2, 0.25) is 0 Å². The maximum atomic E-state index is 12.3. The highest BCUT2D eigenvalue weighted by Crippen LogP contribution is 2.13. The van der Waals surface area contributed by atoms with Gasteiger partial charge in [0.1, 0.15) is 5.82 Å². The summed E-state index contributed by atoms with van der Waals surface area (Å²) in [7, 11) is 0. The summed E-state index contributed by atoms with van der Waals surface area (Å²) in [6.45, 7) is 6.66. The number of hydrogen-bond donors (Lipinski definition) is 2. The molecule has 0 atom stereocenters. The molecule has 1 heterocycles. The number of nitrogens with zero attached hydrogens (tertiary/aromatic N) is 1. The number of ketones is 1. The van der Waals surface area contributed by atoms with Crippen molar-refractivity contribution in [1.29, 1.82) is 0 Å². The minimum atomic E-state index is -0.208. The van der Waals surface area contributed by atoms with E-state index in [2.05, 4.69) is 29.5 Å². The van der Waals surface area contributed by atoms with Crippen molar-refractivity contribution in [2.45, 2.75) is 27.2 Å². The molecular formula is C19H23N3O2. The molecule has 2 aromatic rings. The maximum Gasteiger partial charge on any atom is 0.255 e. The second kappa shape index (κ2) is 8.24. The third-order valence-electron chi connectivity index (χ3n) is 3.60. The number of anilines is 2. The van der Waals surface area contributed by atoms with E-state index in [4.69, 9.17) is 0 Å². The summed E-state index contributed by atoms with van der Waals surface area (Å²) in [5.41, 5.74) is 1.80. The van der Waals surface area contributed by atoms with Gasteiger partial charge >= 0.3 is 0 Å². The lowest BCUT2D eigenvalue weighted by Crippen LogP contribution is -2.13. The van der Waals surface area contributed by atoms with Crippen molar-refractivity contribution >= 4 is 23.2 Å². The lowest BCUT2D eigenvalue weighted by atomic mass is 10.1. The summed E-state index contributed by atoms with van der Waals surface area (Å²) in [5, 5.41) is 6.05. The molecule has 0 aliphatic carbocycles. The number of carbonyl (C=O) groups is 2. The van der Waals surface area contributed by atoms with Crippen LogP contribution < -0.4 is 10.6 Å². The molecule has 0 aliphatic heterocycles. The third-order valence-corrected chi connectivity index (χ3v) is 3.60. The standard InChI is InChI=1S/C19H23N3O2/c1-13(2)8-10-20-18-12-16(9-11-21-18)19(24)22-17-6-4-15(5-7-17)14(3)23/h4-7,9,11-13H,8,10H2,1-3H3,(H,20,21)(H,22,24). The van der Waals surface area contributed by atoms with Gasteiger partial charge < -0.3 is 10.6 Å². The van der Waals surface area contributed by atoms with Gasteiger partial charge in [-0.2, -0.15) is 0 Å². The van der Waals surface area contributed by atoms with Crippen molar-refractivity contribution in [3.8, 4) is 0 Å². The maximum absolute atomic E-state index is 12.3. The Morgan fingerprint density at radius 3 is 2.42 bits per heavy atom. The molecule has 2 N–H and O–H groups in total. The van der Waals surface area contributed by atoms with Crippen molar-refractivity contribution < 1.29 is 9.59 Å². The predicted octanol–water partition coefficient (Wildman–Crippen LogP) is 3.99. The minimum Gasteiger partial charge on any atom is -0.370 e. The fraction of sp³-hybridized carbons (Fsp3) is 0.316. The third kappa shape index (κ3) is 5.19. The number of Topliss-reactive ketones (excluding diaryl/α,β-unsaturated/α-hetero) is 1. The topological polar surface area (TPSA) is 71.1 Å². The fourth-order valence-corrected chi connectivity index (χ4v) is 2.15. The summed E-state index contributed by atoms with van der Waals surface area (Å²) in [6.07, 6.45) is 2.66. The number of benzene rings is 1. The van der Waals surface area contributed by atoms with E-state index in [9.17, 15) is 9.59 Å². The number of rotatable bonds is 7. The molecule has 0 unspecified atom stereocenters. The van der Waals surface area contributed by atoms with Crippen molar-refractivity contribution in [2.75, 3.05) is 17.2 Å². The Morgan fingerprint density at radius 1 is 1.08 bits per heavy atom. The van der Waals surface area contributed by atoms with Gasteiger partial charge in [0.25, 0.3) is 5.91 Å². The van der Waals surface area contributed by atoms with Gasteiger partial charge in [0.2, 0.25) is 0 Å². The van der Waals surface area contributed by atoms with Gasteiger partial charge in [0.15, 0.2) is 5.78 Å². The monoisotopic (exact) mass is 325 g/mol. The van der Waals surface area contributed by atoms with Crippen molar-refractivity contribution in [3.05, 3.63) is 53.7 Å². The van der Waals surface area contributed by atoms with Gasteiger partial charge in [-0.05, 0) is 55.7 Å². The molecular weight excluding hydrogens is 302 g/mol. The molecule has 0 radical (unpaired) electrons. The molecule has 0 bridgehead atoms. The Kier molecular flexibility index (Phi) is 6.07. The first-order valence-electron chi connectivity index (χ1n) is 8.08. The zero-order valence-electron chi connectivity index (χ0n) is 14.3. The Labute approximate surface area is 142 Å². The molecule has 0 saturated carbocycles. The first kappa shape index (κ1) is 17.7. The largest absolute Gasteiger partial charge is 0.370 e. The van der Waals surface area contributed by atoms with Gasteiger partial charge in [-0.3, -0.25) is 9.59 Å². The first-order chi connectivity index (χ1) is 11.5. The Bertz CT molecular complexity index is 709. The molecule has 2 rings (SSSR count). The van der Waals surface area contributed by atoms with Crippen LogP contribution in [-0.4, -0.2) is 23.2 Å². The second-order valence-electron chi connectivity index (χ2n) is 6.13. The SMILES string of the molecule is CC(=O)c1ccc(NC(=O)c2ccnc(NCCC(C)C)c2)cc1. The molecule has 0 aliphatic rings. The molecule has 0 saturated heterocycles. The van der Waals surface area contributed by atoms with Gasteiger partial charge in [-0.25, -0.2) is 4.98 Å². The van der Waals surface area contributed by atoms with Crippen molar-refractivity contribution in [1.82, 2.24) is 4.98 Å². The zero-order valence-corrected chi connectivity index (χ0v) is 14.3. The van der Waals surface area contributed by atoms with Crippen LogP contribution in [0.25, 0.3) is 0 Å². The van der Waals surface area contributed by atoms with Crippen LogP contribution in [-0.2, 0) is 0 Å². The molecule has 5 heteroatoms. The highest BCUT2D eigenvalue weighted by atomic mass is 16.1. The molecule has 24 heavy (non-hydrogen) atoms. The van der Waals surface area contributed by atoms with E-state index in [-0.39, 0.29) is 11.7 Å². The lowest BCUT2D eigenvalue weighted by molar-refractivity contribution is 0.101. The van der Waals surface area contributed by atoms with E-state index in [0.717, 1.165) is 13.0 Å². The van der Waals surface area contributed by atoms with Crippen LogP contribution in [0.5, 0.6) is 0 Å². The van der Waals surface area contributed by atoms with E-state index < -0.39 is 0 Å². The van der Waals surface area contributed by atoms with E-state index in [0.29, 0.717) is 28.6 Å². The van der Waals surface area contributed by atoms with Gasteiger partial charge in [0, 0.05) is 29.6 Å². The molecule has 0 fully saturated rings. The summed E-state index contributed by atoms with van der Waals surface area (Å²) in [6, 6.07) is 10.2. The van der Waals surface area contributed by atoms with Gasteiger partial charge in [-0.1, -0.05) is 13.8 Å². The second-order valence-corrected chi connectivity index (χ2v) is 6.13. The van der Waals surface area contributed by atoms with Crippen LogP contribution in [0, 0.1) is 5.92 Å². The van der Waals surface area contributed by atoms with E-state index in [1.807, 2.05) is 0 Å². The molecule has 1 aromatic carbocycles. The number of carbonyl (C=O) groups excluding carboxylic acids is 2. The summed E-state index contributed by atoms with van der Waals surface area (Å²) >= 11 is 0. The summed E-state index contributed by atoms with van der Waals surface area (Å²) < 4.78 is 0. The highest BCUT2D eigenvalue weighted by Gasteiger charge is 2.08. The molecule has 1 aromatic heterocycles. The van der Waals surface area contributed by atoms with E-state index in [1.165, 1.54) is 6.92 Å². The molecule has 0 spiro atoms. The Balaban J connectivity index is 2.00. The van der Waals surface area contributed by atoms with Gasteiger partial charge in [0.05, 0.1) is 0 Å². The molecule has 126 valence electrons. The Morgan fingerprint density at radius 2 is 1.79 bits per heavy atom. The highest BCUT2D eigenvalue weighted by molar-refractivity contribution is 6.05. The number of amides is 1. The fourth-order valence-electron chi connectivity index (χ4n) is 2.15. The smallest absolute Gasteiger partial charge is 0.255 e. The lowest BCUT2D eigenvalue weighted by Gasteiger charge is -2.09. The summed E-state index contributed by atoms with van der Waals surface area (Å²) in [5.74, 6) is 1.09. The van der Waals surface area contributed by atoms with E-state index in [1.54, 1.807) is 42.6 Å². The van der Waals surface area contributed by atoms with Crippen LogP contribution in [0.3, 0.4) is 0 Å². The normalized spacial score (nSPS) is 10.5.